The summed E-state index contributed by atoms with van der Waals surface area (Å²) in [6, 6.07) is 4.47. The summed E-state index contributed by atoms with van der Waals surface area (Å²) in [4.78, 5) is 12.3. The Labute approximate surface area is 128 Å². The van der Waals surface area contributed by atoms with Gasteiger partial charge in [-0.05, 0) is 43.9 Å². The number of nitrogens with one attached hydrogen (secondary N) is 1. The van der Waals surface area contributed by atoms with Crippen LogP contribution in [0.5, 0.6) is 5.75 Å². The SMILES string of the molecule is COc1cc(C)cc(C)c1CC(=O)NC1CCCCCC1. The van der Waals surface area contributed by atoms with Crippen LogP contribution in [-0.4, -0.2) is 19.1 Å². The summed E-state index contributed by atoms with van der Waals surface area (Å²) in [6.07, 6.45) is 7.72. The van der Waals surface area contributed by atoms with E-state index in [4.69, 9.17) is 4.74 Å². The number of amides is 1. The molecule has 2 rings (SSSR count). The molecule has 1 amide bonds. The first kappa shape index (κ1) is 15.9. The van der Waals surface area contributed by atoms with Crippen LogP contribution < -0.4 is 10.1 Å². The number of ether oxygens (including phenoxy) is 1. The van der Waals surface area contributed by atoms with Gasteiger partial charge in [0.05, 0.1) is 13.5 Å². The van der Waals surface area contributed by atoms with E-state index >= 15 is 0 Å². The number of hydrogen-bond acceptors (Lipinski definition) is 2. The van der Waals surface area contributed by atoms with Crippen LogP contribution in [-0.2, 0) is 11.2 Å². The summed E-state index contributed by atoms with van der Waals surface area (Å²) in [5, 5.41) is 3.21. The van der Waals surface area contributed by atoms with E-state index in [2.05, 4.69) is 11.4 Å². The Hall–Kier alpha value is -1.51. The highest BCUT2D eigenvalue weighted by Gasteiger charge is 2.17. The van der Waals surface area contributed by atoms with E-state index in [1.165, 1.54) is 25.7 Å². The molecule has 0 aliphatic heterocycles. The van der Waals surface area contributed by atoms with Crippen molar-refractivity contribution in [2.45, 2.75) is 64.8 Å². The molecule has 0 saturated heterocycles. The molecule has 0 aromatic heterocycles. The van der Waals surface area contributed by atoms with E-state index in [1.54, 1.807) is 7.11 Å². The first-order valence-electron chi connectivity index (χ1n) is 8.03. The third kappa shape index (κ3) is 4.48. The molecule has 1 N–H and O–H groups in total. The Kier molecular flexibility index (Phi) is 5.66. The molecule has 3 nitrogen and oxygen atoms in total. The van der Waals surface area contributed by atoms with Gasteiger partial charge in [0.1, 0.15) is 5.75 Å². The highest BCUT2D eigenvalue weighted by molar-refractivity contribution is 5.80. The molecule has 1 aromatic carbocycles. The van der Waals surface area contributed by atoms with Crippen LogP contribution in [0.15, 0.2) is 12.1 Å². The number of carbonyl (C=O) groups excluding carboxylic acids is 1. The van der Waals surface area contributed by atoms with E-state index in [-0.39, 0.29) is 5.91 Å². The second-order valence-corrected chi connectivity index (χ2v) is 6.20. The highest BCUT2D eigenvalue weighted by Crippen LogP contribution is 2.25. The van der Waals surface area contributed by atoms with Crippen molar-refractivity contribution in [3.05, 3.63) is 28.8 Å². The second kappa shape index (κ2) is 7.48. The molecule has 1 aliphatic rings. The Morgan fingerprint density at radius 1 is 1.19 bits per heavy atom. The van der Waals surface area contributed by atoms with Gasteiger partial charge in [0.25, 0.3) is 0 Å². The van der Waals surface area contributed by atoms with Gasteiger partial charge in [-0.2, -0.15) is 0 Å². The van der Waals surface area contributed by atoms with Gasteiger partial charge in [0, 0.05) is 11.6 Å². The minimum absolute atomic E-state index is 0.118. The molecule has 0 radical (unpaired) electrons. The van der Waals surface area contributed by atoms with Crippen molar-refractivity contribution in [1.82, 2.24) is 5.32 Å². The molecule has 0 bridgehead atoms. The molecule has 0 heterocycles. The highest BCUT2D eigenvalue weighted by atomic mass is 16.5. The number of methoxy groups -OCH3 is 1. The lowest BCUT2D eigenvalue weighted by Gasteiger charge is -2.18. The zero-order valence-corrected chi connectivity index (χ0v) is 13.5. The fourth-order valence-corrected chi connectivity index (χ4v) is 3.23. The summed E-state index contributed by atoms with van der Waals surface area (Å²) in [6.45, 7) is 4.09. The van der Waals surface area contributed by atoms with Crippen LogP contribution in [0.2, 0.25) is 0 Å². The van der Waals surface area contributed by atoms with Crippen LogP contribution in [0, 0.1) is 13.8 Å². The topological polar surface area (TPSA) is 38.3 Å². The van der Waals surface area contributed by atoms with Gasteiger partial charge >= 0.3 is 0 Å². The van der Waals surface area contributed by atoms with Crippen molar-refractivity contribution in [3.8, 4) is 5.75 Å². The molecule has 3 heteroatoms. The molecule has 1 aliphatic carbocycles. The number of benzene rings is 1. The van der Waals surface area contributed by atoms with E-state index in [0.29, 0.717) is 12.5 Å². The monoisotopic (exact) mass is 289 g/mol. The Balaban J connectivity index is 2.02. The third-order valence-electron chi connectivity index (χ3n) is 4.35. The fraction of sp³-hybridized carbons (Fsp3) is 0.611. The molecular weight excluding hydrogens is 262 g/mol. The minimum Gasteiger partial charge on any atom is -0.496 e. The number of aryl methyl sites for hydroxylation is 2. The van der Waals surface area contributed by atoms with Crippen molar-refractivity contribution in [2.75, 3.05) is 7.11 Å². The van der Waals surface area contributed by atoms with Gasteiger partial charge in [0.15, 0.2) is 0 Å². The van der Waals surface area contributed by atoms with Gasteiger partial charge in [-0.25, -0.2) is 0 Å². The van der Waals surface area contributed by atoms with Crippen LogP contribution in [0.4, 0.5) is 0 Å². The summed E-state index contributed by atoms with van der Waals surface area (Å²) >= 11 is 0. The Morgan fingerprint density at radius 2 is 1.86 bits per heavy atom. The maximum Gasteiger partial charge on any atom is 0.224 e. The van der Waals surface area contributed by atoms with Gasteiger partial charge < -0.3 is 10.1 Å². The van der Waals surface area contributed by atoms with Crippen LogP contribution in [0.3, 0.4) is 0 Å². The molecule has 1 aromatic rings. The summed E-state index contributed by atoms with van der Waals surface area (Å²) < 4.78 is 5.44. The molecular formula is C18H27NO2. The molecule has 0 unspecified atom stereocenters. The summed E-state index contributed by atoms with van der Waals surface area (Å²) in [7, 11) is 1.67. The molecule has 1 saturated carbocycles. The predicted molar refractivity (Wildman–Crippen MR) is 85.8 cm³/mol. The molecule has 0 spiro atoms. The molecule has 0 atom stereocenters. The first-order valence-corrected chi connectivity index (χ1v) is 8.03. The van der Waals surface area contributed by atoms with Crippen LogP contribution >= 0.6 is 0 Å². The minimum atomic E-state index is 0.118. The van der Waals surface area contributed by atoms with Crippen LogP contribution in [0.1, 0.15) is 55.2 Å². The maximum absolute atomic E-state index is 12.3. The molecule has 116 valence electrons. The maximum atomic E-state index is 12.3. The average molecular weight is 289 g/mol. The number of rotatable bonds is 4. The Bertz CT molecular complexity index is 488. The molecule has 1 fully saturated rings. The van der Waals surface area contributed by atoms with Gasteiger partial charge in [-0.1, -0.05) is 31.7 Å². The zero-order chi connectivity index (χ0) is 15.2. The van der Waals surface area contributed by atoms with Crippen molar-refractivity contribution in [2.24, 2.45) is 0 Å². The van der Waals surface area contributed by atoms with Gasteiger partial charge in [0.2, 0.25) is 5.91 Å². The summed E-state index contributed by atoms with van der Waals surface area (Å²) in [5.74, 6) is 0.940. The smallest absolute Gasteiger partial charge is 0.224 e. The Morgan fingerprint density at radius 3 is 2.48 bits per heavy atom. The van der Waals surface area contributed by atoms with Crippen molar-refractivity contribution < 1.29 is 9.53 Å². The predicted octanol–water partition coefficient (Wildman–Crippen LogP) is 3.69. The third-order valence-corrected chi connectivity index (χ3v) is 4.35. The van der Waals surface area contributed by atoms with E-state index in [0.717, 1.165) is 35.3 Å². The zero-order valence-electron chi connectivity index (χ0n) is 13.5. The molecule has 21 heavy (non-hydrogen) atoms. The van der Waals surface area contributed by atoms with E-state index in [9.17, 15) is 4.79 Å². The standard InChI is InChI=1S/C18H27NO2/c1-13-10-14(2)16(17(11-13)21-3)12-18(20)19-15-8-6-4-5-7-9-15/h10-11,15H,4-9,12H2,1-3H3,(H,19,20). The lowest BCUT2D eigenvalue weighted by Crippen LogP contribution is -2.35. The van der Waals surface area contributed by atoms with Crippen molar-refractivity contribution in [1.29, 1.82) is 0 Å². The normalized spacial score (nSPS) is 16.3. The van der Waals surface area contributed by atoms with E-state index in [1.807, 2.05) is 19.9 Å². The van der Waals surface area contributed by atoms with Gasteiger partial charge in [-0.3, -0.25) is 4.79 Å². The van der Waals surface area contributed by atoms with Crippen molar-refractivity contribution >= 4 is 5.91 Å². The second-order valence-electron chi connectivity index (χ2n) is 6.20. The lowest BCUT2D eigenvalue weighted by molar-refractivity contribution is -0.121. The lowest BCUT2D eigenvalue weighted by atomic mass is 10.0. The van der Waals surface area contributed by atoms with Crippen LogP contribution in [0.25, 0.3) is 0 Å². The quantitative estimate of drug-likeness (QED) is 0.858. The summed E-state index contributed by atoms with van der Waals surface area (Å²) in [5.41, 5.74) is 3.30. The van der Waals surface area contributed by atoms with Gasteiger partial charge in [-0.15, -0.1) is 0 Å². The fourth-order valence-electron chi connectivity index (χ4n) is 3.23. The first-order chi connectivity index (χ1) is 10.1. The largest absolute Gasteiger partial charge is 0.496 e. The number of hydrogen-bond donors (Lipinski definition) is 1. The number of carbonyl (C=O) groups is 1. The van der Waals surface area contributed by atoms with E-state index < -0.39 is 0 Å². The van der Waals surface area contributed by atoms with Crippen molar-refractivity contribution in [3.63, 3.8) is 0 Å². The average Bonchev–Trinajstić information content (AvgIpc) is 2.70.